The number of rotatable bonds is 3. The van der Waals surface area contributed by atoms with E-state index in [0.29, 0.717) is 0 Å². The van der Waals surface area contributed by atoms with E-state index in [1.165, 1.54) is 33.4 Å². The number of Topliss-reactive ketones (excluding diaryl/α,β-unsaturated/α-hetero) is 1. The van der Waals surface area contributed by atoms with Gasteiger partial charge in [0.15, 0.2) is 17.2 Å². The fraction of sp³-hybridized carbons (Fsp3) is 0.333. The third-order valence-electron chi connectivity index (χ3n) is 4.18. The number of carbonyl (C=O) groups excluding carboxylic acids is 4. The summed E-state index contributed by atoms with van der Waals surface area (Å²) in [5.74, 6) is -1.19. The number of hydrogen-bond acceptors (Lipinski definition) is 6. The summed E-state index contributed by atoms with van der Waals surface area (Å²) in [5.41, 5.74) is -1.60. The standard InChI is InChI=1S/C15H16N6O4/c1-19-11-15(12(23)20(2)14(19)25,17-13(24)21(3)18-11)8-10(22)9-6-4-5-7-16-9/h4-7H,8H2,1-3H3,(H,17,24). The second kappa shape index (κ2) is 5.65. The van der Waals surface area contributed by atoms with Gasteiger partial charge in [0, 0.05) is 27.3 Å². The van der Waals surface area contributed by atoms with E-state index in [0.717, 1.165) is 14.8 Å². The van der Waals surface area contributed by atoms with Crippen molar-refractivity contribution in [1.82, 2.24) is 25.1 Å². The molecule has 1 atom stereocenters. The predicted octanol–water partition coefficient (Wildman–Crippen LogP) is -0.114. The van der Waals surface area contributed by atoms with Gasteiger partial charge in [-0.15, -0.1) is 0 Å². The molecule has 25 heavy (non-hydrogen) atoms. The third kappa shape index (κ3) is 2.42. The summed E-state index contributed by atoms with van der Waals surface area (Å²) in [4.78, 5) is 55.8. The number of nitrogens with one attached hydrogen (secondary N) is 1. The van der Waals surface area contributed by atoms with E-state index in [9.17, 15) is 19.2 Å². The van der Waals surface area contributed by atoms with Gasteiger partial charge in [0.2, 0.25) is 0 Å². The van der Waals surface area contributed by atoms with Crippen molar-refractivity contribution in [2.75, 3.05) is 21.1 Å². The Morgan fingerprint density at radius 3 is 2.52 bits per heavy atom. The Hall–Kier alpha value is -3.30. The Balaban J connectivity index is 2.09. The van der Waals surface area contributed by atoms with Crippen molar-refractivity contribution in [3.8, 4) is 0 Å². The number of imide groups is 1. The number of ketones is 1. The van der Waals surface area contributed by atoms with Gasteiger partial charge in [-0.3, -0.25) is 24.4 Å². The van der Waals surface area contributed by atoms with Crippen LogP contribution in [0.4, 0.5) is 9.59 Å². The Kier molecular flexibility index (Phi) is 3.74. The summed E-state index contributed by atoms with van der Waals surface area (Å²) < 4.78 is 0. The van der Waals surface area contributed by atoms with Gasteiger partial charge in [0.05, 0.1) is 6.42 Å². The van der Waals surface area contributed by atoms with E-state index >= 15 is 0 Å². The number of nitrogens with zero attached hydrogens (tertiary/aromatic N) is 5. The van der Waals surface area contributed by atoms with Crippen LogP contribution in [-0.2, 0) is 4.79 Å². The van der Waals surface area contributed by atoms with Crippen LogP contribution in [0.3, 0.4) is 0 Å². The number of amidine groups is 1. The van der Waals surface area contributed by atoms with Crippen molar-refractivity contribution in [3.63, 3.8) is 0 Å². The van der Waals surface area contributed by atoms with Crippen molar-refractivity contribution in [2.24, 2.45) is 5.10 Å². The predicted molar refractivity (Wildman–Crippen MR) is 85.6 cm³/mol. The van der Waals surface area contributed by atoms with Crippen molar-refractivity contribution in [1.29, 1.82) is 0 Å². The zero-order chi connectivity index (χ0) is 18.4. The highest BCUT2D eigenvalue weighted by atomic mass is 16.2. The van der Waals surface area contributed by atoms with Gasteiger partial charge in [-0.05, 0) is 12.1 Å². The number of aromatic nitrogens is 1. The summed E-state index contributed by atoms with van der Waals surface area (Å²) in [5, 5.41) is 7.55. The maximum atomic E-state index is 12.8. The molecule has 1 N–H and O–H groups in total. The minimum atomic E-state index is -1.75. The lowest BCUT2D eigenvalue weighted by Crippen LogP contribution is -2.76. The molecule has 1 unspecified atom stereocenters. The molecule has 0 aromatic carbocycles. The molecule has 10 nitrogen and oxygen atoms in total. The van der Waals surface area contributed by atoms with E-state index in [1.807, 2.05) is 0 Å². The number of fused-ring (bicyclic) bond motifs is 1. The Morgan fingerprint density at radius 1 is 1.16 bits per heavy atom. The Bertz CT molecular complexity index is 807. The van der Waals surface area contributed by atoms with E-state index in [2.05, 4.69) is 15.4 Å². The first kappa shape index (κ1) is 16.6. The van der Waals surface area contributed by atoms with Crippen LogP contribution in [0.25, 0.3) is 0 Å². The molecule has 2 aliphatic rings. The zero-order valence-corrected chi connectivity index (χ0v) is 13.9. The molecule has 3 rings (SSSR count). The van der Waals surface area contributed by atoms with Crippen LogP contribution < -0.4 is 5.32 Å². The number of urea groups is 2. The second-order valence-corrected chi connectivity index (χ2v) is 5.80. The average Bonchev–Trinajstić information content (AvgIpc) is 2.61. The molecule has 3 heterocycles. The molecule has 0 saturated carbocycles. The minimum absolute atomic E-state index is 0.00742. The summed E-state index contributed by atoms with van der Waals surface area (Å²) in [7, 11) is 4.10. The van der Waals surface area contributed by atoms with Crippen LogP contribution in [-0.4, -0.2) is 76.1 Å². The molecule has 1 saturated heterocycles. The van der Waals surface area contributed by atoms with Gasteiger partial charge < -0.3 is 5.32 Å². The first-order valence-corrected chi connectivity index (χ1v) is 7.43. The lowest BCUT2D eigenvalue weighted by molar-refractivity contribution is -0.133. The Morgan fingerprint density at radius 2 is 1.88 bits per heavy atom. The molecule has 2 aliphatic heterocycles. The highest BCUT2D eigenvalue weighted by Crippen LogP contribution is 2.28. The minimum Gasteiger partial charge on any atom is -0.315 e. The van der Waals surface area contributed by atoms with E-state index in [4.69, 9.17) is 0 Å². The van der Waals surface area contributed by atoms with Crippen LogP contribution in [0, 0.1) is 0 Å². The number of carbonyl (C=O) groups is 4. The van der Waals surface area contributed by atoms with E-state index < -0.39 is 35.7 Å². The lowest BCUT2D eigenvalue weighted by Gasteiger charge is -2.46. The molecule has 5 amide bonds. The van der Waals surface area contributed by atoms with Crippen LogP contribution in [0.2, 0.25) is 0 Å². The van der Waals surface area contributed by atoms with Crippen LogP contribution >= 0.6 is 0 Å². The molecule has 1 aromatic rings. The maximum absolute atomic E-state index is 12.8. The number of pyridine rings is 1. The topological polar surface area (TPSA) is 115 Å². The zero-order valence-electron chi connectivity index (χ0n) is 13.9. The van der Waals surface area contributed by atoms with E-state index in [1.54, 1.807) is 12.1 Å². The average molecular weight is 344 g/mol. The molecule has 1 aromatic heterocycles. The fourth-order valence-electron chi connectivity index (χ4n) is 2.84. The summed E-state index contributed by atoms with van der Waals surface area (Å²) >= 11 is 0. The fourth-order valence-corrected chi connectivity index (χ4v) is 2.84. The van der Waals surface area contributed by atoms with Gasteiger partial charge in [-0.1, -0.05) is 6.07 Å². The van der Waals surface area contributed by atoms with Crippen molar-refractivity contribution in [2.45, 2.75) is 12.0 Å². The van der Waals surface area contributed by atoms with Crippen molar-refractivity contribution >= 4 is 29.6 Å². The van der Waals surface area contributed by atoms with Gasteiger partial charge in [0.1, 0.15) is 5.69 Å². The molecule has 0 bridgehead atoms. The monoisotopic (exact) mass is 344 g/mol. The van der Waals surface area contributed by atoms with Crippen molar-refractivity contribution in [3.05, 3.63) is 30.1 Å². The van der Waals surface area contributed by atoms with Crippen LogP contribution in [0.15, 0.2) is 29.5 Å². The smallest absolute Gasteiger partial charge is 0.315 e. The van der Waals surface area contributed by atoms with Crippen LogP contribution in [0.5, 0.6) is 0 Å². The molecule has 0 aliphatic carbocycles. The second-order valence-electron chi connectivity index (χ2n) is 5.80. The Labute approximate surface area is 143 Å². The van der Waals surface area contributed by atoms with E-state index in [-0.39, 0.29) is 11.5 Å². The van der Waals surface area contributed by atoms with Gasteiger partial charge in [-0.2, -0.15) is 5.10 Å². The van der Waals surface area contributed by atoms with Crippen LogP contribution in [0.1, 0.15) is 16.9 Å². The lowest BCUT2D eigenvalue weighted by atomic mass is 9.86. The molecule has 10 heteroatoms. The highest BCUT2D eigenvalue weighted by Gasteiger charge is 2.58. The molecule has 1 fully saturated rings. The summed E-state index contributed by atoms with van der Waals surface area (Å²) in [6, 6.07) is 3.56. The first-order valence-electron chi connectivity index (χ1n) is 7.43. The SMILES string of the molecule is CN1N=C2N(C)C(=O)N(C)C(=O)C2(CC(=O)c2ccccn2)NC1=O. The molecule has 0 radical (unpaired) electrons. The number of hydrogen-bond donors (Lipinski definition) is 1. The first-order chi connectivity index (χ1) is 11.8. The van der Waals surface area contributed by atoms with Gasteiger partial charge in [-0.25, -0.2) is 14.6 Å². The highest BCUT2D eigenvalue weighted by molar-refractivity contribution is 6.27. The van der Waals surface area contributed by atoms with Crippen molar-refractivity contribution < 1.29 is 19.2 Å². The quantitative estimate of drug-likeness (QED) is 0.768. The number of likely N-dealkylation sites (N-methyl/N-ethyl adjacent to an activating group) is 2. The number of amides is 5. The maximum Gasteiger partial charge on any atom is 0.338 e. The normalized spacial score (nSPS) is 23.2. The molecular formula is C15H16N6O4. The number of hydrazone groups is 1. The summed E-state index contributed by atoms with van der Waals surface area (Å²) in [6.45, 7) is 0. The molecule has 0 spiro atoms. The third-order valence-corrected chi connectivity index (χ3v) is 4.18. The molecular weight excluding hydrogens is 328 g/mol. The van der Waals surface area contributed by atoms with Gasteiger partial charge in [0.25, 0.3) is 5.91 Å². The largest absolute Gasteiger partial charge is 0.338 e. The van der Waals surface area contributed by atoms with Gasteiger partial charge >= 0.3 is 12.1 Å². The summed E-state index contributed by atoms with van der Waals surface area (Å²) in [6.07, 6.45) is 1.06. The molecule has 130 valence electrons.